The predicted molar refractivity (Wildman–Crippen MR) is 268 cm³/mol. The van der Waals surface area contributed by atoms with Crippen LogP contribution in [-0.4, -0.2) is 149 Å². The van der Waals surface area contributed by atoms with E-state index in [0.717, 1.165) is 112 Å². The molecule has 366 valence electrons. The Bertz CT molecular complexity index is 2660. The molecule has 0 bridgehead atoms. The van der Waals surface area contributed by atoms with Gasteiger partial charge in [0.1, 0.15) is 11.5 Å². The number of methoxy groups -OCH3 is 2. The van der Waals surface area contributed by atoms with Crippen molar-refractivity contribution < 1.29 is 38.3 Å². The Morgan fingerprint density at radius 1 is 0.557 bits per heavy atom. The summed E-state index contributed by atoms with van der Waals surface area (Å²) in [5.74, 6) is -2.75. The average Bonchev–Trinajstić information content (AvgIpc) is 4.22. The Morgan fingerprint density at radius 2 is 0.986 bits per heavy atom. The molecule has 2 aromatic heterocycles. The molecule has 2 unspecified atom stereocenters. The van der Waals surface area contributed by atoms with E-state index in [9.17, 15) is 19.2 Å². The first kappa shape index (κ1) is 46.3. The van der Waals surface area contributed by atoms with E-state index >= 15 is 0 Å². The van der Waals surface area contributed by atoms with Crippen LogP contribution in [0.1, 0.15) is 35.8 Å². The van der Waals surface area contributed by atoms with Crippen molar-refractivity contribution in [2.75, 3.05) is 125 Å². The smallest absolute Gasteiger partial charge is 0.443 e. The van der Waals surface area contributed by atoms with E-state index in [2.05, 4.69) is 101 Å². The second-order valence-corrected chi connectivity index (χ2v) is 18.5. The minimum atomic E-state index is -1.49. The second-order valence-electron chi connectivity index (χ2n) is 18.5. The lowest BCUT2D eigenvalue weighted by Crippen LogP contribution is -2.47. The Balaban J connectivity index is 0.661. The zero-order valence-electron chi connectivity index (χ0n) is 39.7. The molecule has 4 aromatic carbocycles. The summed E-state index contributed by atoms with van der Waals surface area (Å²) in [6.07, 6.45) is 5.69. The molecule has 4 N–H and O–H groups in total. The van der Waals surface area contributed by atoms with Crippen LogP contribution in [0.5, 0.6) is 11.5 Å². The van der Waals surface area contributed by atoms with E-state index in [0.29, 0.717) is 24.6 Å². The number of anilines is 4. The number of hydrogen-bond donors (Lipinski definition) is 4. The van der Waals surface area contributed by atoms with Crippen molar-refractivity contribution in [1.82, 2.24) is 30.7 Å². The minimum Gasteiger partial charge on any atom is -0.495 e. The first-order chi connectivity index (χ1) is 34.2. The molecule has 18 nitrogen and oxygen atoms in total. The normalized spacial score (nSPS) is 18.2. The number of benzene rings is 4. The lowest BCUT2D eigenvalue weighted by molar-refractivity contribution is -0.179. The monoisotopic (exact) mass is 952 g/mol. The van der Waals surface area contributed by atoms with E-state index in [4.69, 9.17) is 19.1 Å². The topological polar surface area (TPSA) is 180 Å². The number of ether oxygens (including phenoxy) is 2. The number of amides is 2. The number of rotatable bonds is 14. The van der Waals surface area contributed by atoms with Gasteiger partial charge in [0.15, 0.2) is 0 Å². The second kappa shape index (κ2) is 20.7. The molecule has 4 aliphatic rings. The van der Waals surface area contributed by atoms with Gasteiger partial charge >= 0.3 is 11.9 Å². The van der Waals surface area contributed by atoms with Crippen LogP contribution in [0.15, 0.2) is 97.3 Å². The van der Waals surface area contributed by atoms with Gasteiger partial charge in [0, 0.05) is 123 Å². The molecule has 6 heterocycles. The number of piperazine rings is 2. The number of hydroxylamine groups is 2. The molecule has 2 atom stereocenters. The summed E-state index contributed by atoms with van der Waals surface area (Å²) in [6.45, 7) is 10.1. The third-order valence-corrected chi connectivity index (χ3v) is 14.4. The van der Waals surface area contributed by atoms with Crippen molar-refractivity contribution in [3.05, 3.63) is 108 Å². The molecular formula is C52H60N10O8. The fourth-order valence-electron chi connectivity index (χ4n) is 10.7. The standard InChI is InChI=1S/C52H60N10O8/c1-67-45-7-3-5-41-37(15-19-57-21-25-59(26-22-57)39-9-11-43-35(29-39)13-17-53-43)31-61(49(41)45)33-47(63)55-69-51(65)52(66)70-56-48(64)34-62-32-38(42-6-4-8-46(68-2)50(42)62)16-20-58-23-27-60(28-24-58)40-10-12-44-36(30-40)14-18-54-44/h3-14,17-18,29-30,37-38,53-54H,15-16,19-28,31-34H2,1-2H3,(H,55,63)(H,56,64). The van der Waals surface area contributed by atoms with Crippen molar-refractivity contribution in [2.45, 2.75) is 24.7 Å². The van der Waals surface area contributed by atoms with Crippen LogP contribution in [0.25, 0.3) is 21.8 Å². The lowest BCUT2D eigenvalue weighted by atomic mass is 9.97. The maximum atomic E-state index is 13.2. The van der Waals surface area contributed by atoms with Gasteiger partial charge in [-0.2, -0.15) is 11.0 Å². The van der Waals surface area contributed by atoms with Gasteiger partial charge in [0.2, 0.25) is 0 Å². The van der Waals surface area contributed by atoms with Crippen molar-refractivity contribution in [1.29, 1.82) is 0 Å². The highest BCUT2D eigenvalue weighted by Crippen LogP contribution is 2.45. The number of carbonyl (C=O) groups excluding carboxylic acids is 4. The van der Waals surface area contributed by atoms with Gasteiger partial charge in [0.25, 0.3) is 11.8 Å². The Kier molecular flexibility index (Phi) is 13.7. The maximum absolute atomic E-state index is 13.2. The van der Waals surface area contributed by atoms with Gasteiger partial charge in [-0.3, -0.25) is 19.4 Å². The number of H-pyrrole nitrogens is 2. The SMILES string of the molecule is COc1cccc2c1N(CC(=O)NOC(=O)C(=O)ONC(=O)CN1CC(CCN3CCN(c4ccc5[nH]ccc5c4)CC3)c3cccc(OC)c31)CC2CCN1CCN(c2ccc3[nH]ccc3c2)CC1. The van der Waals surface area contributed by atoms with Crippen LogP contribution in [-0.2, 0) is 28.9 Å². The Morgan fingerprint density at radius 3 is 1.40 bits per heavy atom. The zero-order chi connectivity index (χ0) is 48.1. The summed E-state index contributed by atoms with van der Waals surface area (Å²) in [5, 5.41) is 2.42. The first-order valence-corrected chi connectivity index (χ1v) is 24.1. The van der Waals surface area contributed by atoms with Gasteiger partial charge in [-0.25, -0.2) is 9.59 Å². The Labute approximate surface area is 406 Å². The van der Waals surface area contributed by atoms with E-state index < -0.39 is 23.8 Å². The molecule has 0 saturated carbocycles. The molecule has 10 rings (SSSR count). The molecular weight excluding hydrogens is 893 g/mol. The number of aromatic nitrogens is 2. The third-order valence-electron chi connectivity index (χ3n) is 14.4. The van der Waals surface area contributed by atoms with Crippen LogP contribution in [0.2, 0.25) is 0 Å². The van der Waals surface area contributed by atoms with Crippen LogP contribution in [0.4, 0.5) is 22.7 Å². The summed E-state index contributed by atoms with van der Waals surface area (Å²) in [5.41, 5.74) is 12.7. The molecule has 2 amide bonds. The van der Waals surface area contributed by atoms with Crippen LogP contribution in [0.3, 0.4) is 0 Å². The van der Waals surface area contributed by atoms with Crippen molar-refractivity contribution in [3.63, 3.8) is 0 Å². The number of nitrogens with zero attached hydrogens (tertiary/aromatic N) is 6. The molecule has 18 heteroatoms. The quantitative estimate of drug-likeness (QED) is 0.0869. The number of hydrogen-bond acceptors (Lipinski definition) is 14. The largest absolute Gasteiger partial charge is 0.495 e. The summed E-state index contributed by atoms with van der Waals surface area (Å²) in [7, 11) is 3.19. The zero-order valence-corrected chi connectivity index (χ0v) is 39.7. The van der Waals surface area contributed by atoms with Crippen LogP contribution < -0.4 is 40.0 Å². The number of aromatic amines is 2. The molecule has 2 fully saturated rings. The van der Waals surface area contributed by atoms with E-state index in [-0.39, 0.29) is 24.9 Å². The van der Waals surface area contributed by atoms with E-state index in [1.165, 1.54) is 22.1 Å². The van der Waals surface area contributed by atoms with E-state index in [1.807, 2.05) is 46.5 Å². The molecule has 6 aromatic rings. The Hall–Kier alpha value is -7.44. The fraction of sp³-hybridized carbons (Fsp3) is 0.385. The fourth-order valence-corrected chi connectivity index (χ4v) is 10.7. The summed E-state index contributed by atoms with van der Waals surface area (Å²) < 4.78 is 11.4. The maximum Gasteiger partial charge on any atom is 0.443 e. The molecule has 70 heavy (non-hydrogen) atoms. The first-order valence-electron chi connectivity index (χ1n) is 24.1. The van der Waals surface area contributed by atoms with Crippen LogP contribution >= 0.6 is 0 Å². The molecule has 0 spiro atoms. The molecule has 0 aliphatic carbocycles. The highest BCUT2D eigenvalue weighted by atomic mass is 16.7. The van der Waals surface area contributed by atoms with Crippen molar-refractivity contribution in [3.8, 4) is 11.5 Å². The molecule has 2 saturated heterocycles. The molecule has 0 radical (unpaired) electrons. The van der Waals surface area contributed by atoms with Gasteiger partial charge < -0.3 is 48.7 Å². The van der Waals surface area contributed by atoms with Crippen LogP contribution in [0, 0.1) is 0 Å². The number of fused-ring (bicyclic) bond motifs is 4. The van der Waals surface area contributed by atoms with Crippen molar-refractivity contribution in [2.24, 2.45) is 0 Å². The summed E-state index contributed by atoms with van der Waals surface area (Å²) >= 11 is 0. The van der Waals surface area contributed by atoms with E-state index in [1.54, 1.807) is 14.2 Å². The highest BCUT2D eigenvalue weighted by molar-refractivity contribution is 6.29. The number of carbonyl (C=O) groups is 4. The third kappa shape index (κ3) is 10.0. The van der Waals surface area contributed by atoms with Crippen molar-refractivity contribution >= 4 is 68.3 Å². The van der Waals surface area contributed by atoms with Gasteiger partial charge in [0.05, 0.1) is 38.7 Å². The molecule has 4 aliphatic heterocycles. The lowest BCUT2D eigenvalue weighted by Gasteiger charge is -2.36. The minimum absolute atomic E-state index is 0.137. The number of para-hydroxylation sites is 2. The summed E-state index contributed by atoms with van der Waals surface area (Å²) in [6, 6.07) is 29.0. The summed E-state index contributed by atoms with van der Waals surface area (Å²) in [4.78, 5) is 81.5. The van der Waals surface area contributed by atoms with Gasteiger partial charge in [-0.05, 0) is 97.7 Å². The van der Waals surface area contributed by atoms with Gasteiger partial charge in [-0.15, -0.1) is 0 Å². The average molecular weight is 953 g/mol. The predicted octanol–water partition coefficient (Wildman–Crippen LogP) is 4.75. The highest BCUT2D eigenvalue weighted by Gasteiger charge is 2.35. The van der Waals surface area contributed by atoms with Gasteiger partial charge in [-0.1, -0.05) is 24.3 Å². The number of nitrogens with one attached hydrogen (secondary N) is 4.